The molecule has 1 aromatic heterocycles. The molecule has 1 fully saturated rings. The summed E-state index contributed by atoms with van der Waals surface area (Å²) in [6, 6.07) is 0.0104. The molecule has 0 bridgehead atoms. The van der Waals surface area contributed by atoms with Crippen LogP contribution in [0.3, 0.4) is 0 Å². The maximum Gasteiger partial charge on any atom is 0.211 e. The number of hydrogen-bond acceptors (Lipinski definition) is 3. The molecule has 3 heteroatoms. The van der Waals surface area contributed by atoms with Gasteiger partial charge in [0.15, 0.2) is 0 Å². The zero-order valence-corrected chi connectivity index (χ0v) is 7.99. The second-order valence-electron chi connectivity index (χ2n) is 3.88. The summed E-state index contributed by atoms with van der Waals surface area (Å²) in [5.74, 6) is 2.14. The van der Waals surface area contributed by atoms with Crippen molar-refractivity contribution < 1.29 is 4.42 Å². The molecule has 2 rings (SSSR count). The minimum atomic E-state index is 0.0104. The first-order chi connectivity index (χ1) is 6.27. The van der Waals surface area contributed by atoms with E-state index in [4.69, 9.17) is 10.2 Å². The third kappa shape index (κ3) is 1.75. The van der Waals surface area contributed by atoms with Crippen LogP contribution in [0.1, 0.15) is 43.4 Å². The molecule has 1 unspecified atom stereocenters. The molecule has 0 saturated heterocycles. The van der Waals surface area contributed by atoms with Crippen molar-refractivity contribution in [2.24, 2.45) is 11.7 Å². The van der Waals surface area contributed by atoms with Crippen LogP contribution in [0, 0.1) is 12.8 Å². The van der Waals surface area contributed by atoms with Gasteiger partial charge in [-0.2, -0.15) is 0 Å². The van der Waals surface area contributed by atoms with Crippen LogP contribution in [0.5, 0.6) is 0 Å². The summed E-state index contributed by atoms with van der Waals surface area (Å²) in [5, 5.41) is 0. The molecule has 1 saturated carbocycles. The molecule has 13 heavy (non-hydrogen) atoms. The molecule has 1 aliphatic carbocycles. The van der Waals surface area contributed by atoms with E-state index < -0.39 is 0 Å². The average Bonchev–Trinajstić information content (AvgIpc) is 2.72. The molecular formula is C10H16N2O. The number of aryl methyl sites for hydroxylation is 1. The topological polar surface area (TPSA) is 52.0 Å². The summed E-state index contributed by atoms with van der Waals surface area (Å²) >= 11 is 0. The van der Waals surface area contributed by atoms with Gasteiger partial charge in [-0.05, 0) is 25.7 Å². The lowest BCUT2D eigenvalue weighted by Gasteiger charge is -2.14. The molecule has 1 aromatic rings. The Morgan fingerprint density at radius 3 is 2.77 bits per heavy atom. The smallest absolute Gasteiger partial charge is 0.211 e. The quantitative estimate of drug-likeness (QED) is 0.758. The van der Waals surface area contributed by atoms with Crippen molar-refractivity contribution in [3.63, 3.8) is 0 Å². The van der Waals surface area contributed by atoms with Crippen molar-refractivity contribution in [2.75, 3.05) is 0 Å². The molecular weight excluding hydrogens is 164 g/mol. The molecule has 0 spiro atoms. The van der Waals surface area contributed by atoms with Gasteiger partial charge in [0.1, 0.15) is 5.76 Å². The third-order valence-electron chi connectivity index (χ3n) is 2.83. The Bertz CT molecular complexity index is 276. The summed E-state index contributed by atoms with van der Waals surface area (Å²) in [4.78, 5) is 4.17. The van der Waals surface area contributed by atoms with E-state index >= 15 is 0 Å². The monoisotopic (exact) mass is 180 g/mol. The van der Waals surface area contributed by atoms with Gasteiger partial charge in [0.05, 0.1) is 12.2 Å². The Morgan fingerprint density at radius 1 is 1.54 bits per heavy atom. The van der Waals surface area contributed by atoms with E-state index in [0.717, 1.165) is 5.76 Å². The fourth-order valence-electron chi connectivity index (χ4n) is 2.04. The first-order valence-corrected chi connectivity index (χ1v) is 4.95. The van der Waals surface area contributed by atoms with Crippen LogP contribution in [-0.4, -0.2) is 4.98 Å². The van der Waals surface area contributed by atoms with Crippen LogP contribution in [0.15, 0.2) is 10.6 Å². The maximum absolute atomic E-state index is 6.06. The first kappa shape index (κ1) is 8.75. The molecule has 0 aromatic carbocycles. The molecule has 1 heterocycles. The number of aromatic nitrogens is 1. The number of nitrogens with two attached hydrogens (primary N) is 1. The highest BCUT2D eigenvalue weighted by molar-refractivity contribution is 4.98. The van der Waals surface area contributed by atoms with E-state index in [-0.39, 0.29) is 6.04 Å². The lowest BCUT2D eigenvalue weighted by atomic mass is 9.99. The average molecular weight is 180 g/mol. The molecule has 1 aliphatic rings. The third-order valence-corrected chi connectivity index (χ3v) is 2.83. The number of rotatable bonds is 2. The summed E-state index contributed by atoms with van der Waals surface area (Å²) in [6.45, 7) is 1.90. The Morgan fingerprint density at radius 2 is 2.23 bits per heavy atom. The molecule has 0 amide bonds. The van der Waals surface area contributed by atoms with Crippen molar-refractivity contribution in [3.05, 3.63) is 17.8 Å². The summed E-state index contributed by atoms with van der Waals surface area (Å²) in [5.41, 5.74) is 6.06. The van der Waals surface area contributed by atoms with E-state index in [9.17, 15) is 0 Å². The highest BCUT2D eigenvalue weighted by Crippen LogP contribution is 2.33. The van der Waals surface area contributed by atoms with E-state index in [2.05, 4.69) is 4.98 Å². The van der Waals surface area contributed by atoms with Crippen LogP contribution >= 0.6 is 0 Å². The van der Waals surface area contributed by atoms with E-state index in [1.807, 2.05) is 6.92 Å². The van der Waals surface area contributed by atoms with Gasteiger partial charge in [-0.15, -0.1) is 0 Å². The van der Waals surface area contributed by atoms with E-state index in [1.165, 1.54) is 25.7 Å². The minimum Gasteiger partial charge on any atom is -0.444 e. The summed E-state index contributed by atoms with van der Waals surface area (Å²) < 4.78 is 5.42. The number of hydrogen-bond donors (Lipinski definition) is 1. The first-order valence-electron chi connectivity index (χ1n) is 4.95. The zero-order valence-electron chi connectivity index (χ0n) is 7.99. The standard InChI is InChI=1S/C10H16N2O/c1-7-6-12-10(13-7)9(11)8-4-2-3-5-8/h6,8-9H,2-5,11H2,1H3. The van der Waals surface area contributed by atoms with Gasteiger partial charge in [-0.1, -0.05) is 12.8 Å². The van der Waals surface area contributed by atoms with Crippen LogP contribution < -0.4 is 5.73 Å². The van der Waals surface area contributed by atoms with Crippen LogP contribution in [0.2, 0.25) is 0 Å². The molecule has 72 valence electrons. The van der Waals surface area contributed by atoms with E-state index in [0.29, 0.717) is 11.8 Å². The highest BCUT2D eigenvalue weighted by Gasteiger charge is 2.26. The molecule has 2 N–H and O–H groups in total. The van der Waals surface area contributed by atoms with Crippen molar-refractivity contribution in [1.29, 1.82) is 0 Å². The van der Waals surface area contributed by atoms with Crippen molar-refractivity contribution in [2.45, 2.75) is 38.6 Å². The van der Waals surface area contributed by atoms with Gasteiger partial charge < -0.3 is 10.2 Å². The van der Waals surface area contributed by atoms with Gasteiger partial charge >= 0.3 is 0 Å². The molecule has 0 radical (unpaired) electrons. The predicted molar refractivity (Wildman–Crippen MR) is 50.1 cm³/mol. The lowest BCUT2D eigenvalue weighted by molar-refractivity contribution is 0.350. The van der Waals surface area contributed by atoms with Crippen molar-refractivity contribution >= 4 is 0 Å². The zero-order chi connectivity index (χ0) is 9.26. The van der Waals surface area contributed by atoms with E-state index in [1.54, 1.807) is 6.20 Å². The van der Waals surface area contributed by atoms with Gasteiger partial charge in [-0.25, -0.2) is 4.98 Å². The minimum absolute atomic E-state index is 0.0104. The normalized spacial score (nSPS) is 20.8. The van der Waals surface area contributed by atoms with Gasteiger partial charge in [0.25, 0.3) is 0 Å². The summed E-state index contributed by atoms with van der Waals surface area (Å²) in [7, 11) is 0. The molecule has 0 aliphatic heterocycles. The summed E-state index contributed by atoms with van der Waals surface area (Å²) in [6.07, 6.45) is 6.80. The highest BCUT2D eigenvalue weighted by atomic mass is 16.4. The SMILES string of the molecule is Cc1cnc(C(N)C2CCCC2)o1. The Balaban J connectivity index is 2.07. The van der Waals surface area contributed by atoms with Crippen molar-refractivity contribution in [1.82, 2.24) is 4.98 Å². The number of nitrogens with zero attached hydrogens (tertiary/aromatic N) is 1. The molecule has 3 nitrogen and oxygen atoms in total. The van der Waals surface area contributed by atoms with Crippen LogP contribution in [0.4, 0.5) is 0 Å². The fourth-order valence-corrected chi connectivity index (χ4v) is 2.04. The largest absolute Gasteiger partial charge is 0.444 e. The van der Waals surface area contributed by atoms with Crippen LogP contribution in [0.25, 0.3) is 0 Å². The fraction of sp³-hybridized carbons (Fsp3) is 0.700. The van der Waals surface area contributed by atoms with Gasteiger partial charge in [0.2, 0.25) is 5.89 Å². The second kappa shape index (κ2) is 3.50. The number of oxazole rings is 1. The Hall–Kier alpha value is -0.830. The Labute approximate surface area is 78.3 Å². The molecule has 1 atom stereocenters. The van der Waals surface area contributed by atoms with Crippen molar-refractivity contribution in [3.8, 4) is 0 Å². The lowest BCUT2D eigenvalue weighted by Crippen LogP contribution is -2.19. The van der Waals surface area contributed by atoms with Crippen LogP contribution in [-0.2, 0) is 0 Å². The Kier molecular flexibility index (Phi) is 2.36. The predicted octanol–water partition coefficient (Wildman–Crippen LogP) is 2.17. The van der Waals surface area contributed by atoms with Gasteiger partial charge in [-0.3, -0.25) is 0 Å². The second-order valence-corrected chi connectivity index (χ2v) is 3.88. The van der Waals surface area contributed by atoms with Gasteiger partial charge in [0, 0.05) is 0 Å². The maximum atomic E-state index is 6.06.